The number of sulfonamides is 1. The molecule has 0 atom stereocenters. The molecule has 2 aromatic carbocycles. The van der Waals surface area contributed by atoms with Crippen LogP contribution in [-0.4, -0.2) is 19.3 Å². The highest BCUT2D eigenvalue weighted by atomic mass is 32.2. The summed E-state index contributed by atoms with van der Waals surface area (Å²) < 4.78 is 26.6. The third-order valence-corrected chi connectivity index (χ3v) is 5.42. The van der Waals surface area contributed by atoms with Crippen LogP contribution in [0.3, 0.4) is 0 Å². The molecule has 0 aliphatic heterocycles. The summed E-state index contributed by atoms with van der Waals surface area (Å²) in [4.78, 5) is 0. The number of nitrogens with zero attached hydrogens (tertiary/aromatic N) is 1. The van der Waals surface area contributed by atoms with Crippen molar-refractivity contribution in [2.24, 2.45) is 0 Å². The fourth-order valence-corrected chi connectivity index (χ4v) is 3.47. The normalized spacial score (nSPS) is 12.2. The molecule has 23 heavy (non-hydrogen) atoms. The monoisotopic (exact) mass is 329 g/mol. The van der Waals surface area contributed by atoms with E-state index in [0.717, 1.165) is 22.3 Å². The Hall–Kier alpha value is -1.91. The van der Waals surface area contributed by atoms with E-state index in [4.69, 9.17) is 0 Å². The van der Waals surface area contributed by atoms with Gasteiger partial charge >= 0.3 is 0 Å². The Morgan fingerprint density at radius 1 is 1.00 bits per heavy atom. The maximum atomic E-state index is 12.6. The quantitative estimate of drug-likeness (QED) is 0.799. The smallest absolute Gasteiger partial charge is 0.207 e. The predicted octanol–water partition coefficient (Wildman–Crippen LogP) is 4.13. The van der Waals surface area contributed by atoms with Crippen molar-refractivity contribution in [2.75, 3.05) is 6.54 Å². The van der Waals surface area contributed by atoms with Gasteiger partial charge in [-0.05, 0) is 36.6 Å². The van der Waals surface area contributed by atoms with Gasteiger partial charge in [-0.1, -0.05) is 61.0 Å². The van der Waals surface area contributed by atoms with Crippen LogP contribution in [0, 0.1) is 13.8 Å². The van der Waals surface area contributed by atoms with Gasteiger partial charge in [-0.3, -0.25) is 0 Å². The molecule has 0 heterocycles. The van der Waals surface area contributed by atoms with E-state index in [-0.39, 0.29) is 0 Å². The van der Waals surface area contributed by atoms with Gasteiger partial charge in [-0.25, -0.2) is 8.42 Å². The summed E-state index contributed by atoms with van der Waals surface area (Å²) in [5.41, 5.74) is 4.16. The van der Waals surface area contributed by atoms with Gasteiger partial charge in [0.1, 0.15) is 0 Å². The Bertz CT molecular complexity index is 777. The van der Waals surface area contributed by atoms with Crippen molar-refractivity contribution in [1.82, 2.24) is 4.31 Å². The standard InChI is InChI=1S/C19H23NO2S/c1-4-20(15-19-8-6-5-7-17(19)3)23(21,22)14-13-18-11-9-16(2)10-12-18/h5-14H,4,15H2,1-3H3/b14-13+. The summed E-state index contributed by atoms with van der Waals surface area (Å²) in [5, 5.41) is 1.29. The molecule has 2 rings (SSSR count). The van der Waals surface area contributed by atoms with Gasteiger partial charge in [0.15, 0.2) is 0 Å². The van der Waals surface area contributed by atoms with Gasteiger partial charge < -0.3 is 0 Å². The fraction of sp³-hybridized carbons (Fsp3) is 0.263. The number of benzene rings is 2. The lowest BCUT2D eigenvalue weighted by molar-refractivity contribution is 0.429. The number of hydrogen-bond acceptors (Lipinski definition) is 2. The van der Waals surface area contributed by atoms with Gasteiger partial charge in [-0.2, -0.15) is 4.31 Å². The fourth-order valence-electron chi connectivity index (χ4n) is 2.29. The minimum Gasteiger partial charge on any atom is -0.207 e. The summed E-state index contributed by atoms with van der Waals surface area (Å²) in [6.45, 7) is 6.69. The van der Waals surface area contributed by atoms with Crippen molar-refractivity contribution < 1.29 is 8.42 Å². The van der Waals surface area contributed by atoms with Gasteiger partial charge in [0, 0.05) is 18.5 Å². The first kappa shape index (κ1) is 17.4. The average Bonchev–Trinajstić information content (AvgIpc) is 2.53. The second kappa shape index (κ2) is 7.57. The van der Waals surface area contributed by atoms with E-state index >= 15 is 0 Å². The predicted molar refractivity (Wildman–Crippen MR) is 96.4 cm³/mol. The van der Waals surface area contributed by atoms with Gasteiger partial charge in [-0.15, -0.1) is 0 Å². The van der Waals surface area contributed by atoms with Gasteiger partial charge in [0.05, 0.1) is 0 Å². The Morgan fingerprint density at radius 2 is 1.65 bits per heavy atom. The van der Waals surface area contributed by atoms with E-state index in [1.807, 2.05) is 69.3 Å². The van der Waals surface area contributed by atoms with E-state index in [1.54, 1.807) is 6.08 Å². The first-order valence-electron chi connectivity index (χ1n) is 7.72. The SMILES string of the molecule is CCN(Cc1ccccc1C)S(=O)(=O)/C=C/c1ccc(C)cc1. The third-order valence-electron chi connectivity index (χ3n) is 3.83. The highest BCUT2D eigenvalue weighted by Crippen LogP contribution is 2.15. The van der Waals surface area contributed by atoms with Crippen molar-refractivity contribution in [2.45, 2.75) is 27.3 Å². The highest BCUT2D eigenvalue weighted by molar-refractivity contribution is 7.92. The molecular weight excluding hydrogens is 306 g/mol. The Balaban J connectivity index is 2.18. The molecule has 0 saturated heterocycles. The van der Waals surface area contributed by atoms with Gasteiger partial charge in [0.25, 0.3) is 0 Å². The molecule has 0 N–H and O–H groups in total. The first-order chi connectivity index (χ1) is 10.9. The van der Waals surface area contributed by atoms with E-state index < -0.39 is 10.0 Å². The molecule has 4 heteroatoms. The van der Waals surface area contributed by atoms with Crippen LogP contribution >= 0.6 is 0 Å². The van der Waals surface area contributed by atoms with Crippen LogP contribution < -0.4 is 0 Å². The third kappa shape index (κ3) is 4.78. The Kier molecular flexibility index (Phi) is 5.74. The number of aryl methyl sites for hydroxylation is 2. The minimum atomic E-state index is -3.44. The second-order valence-corrected chi connectivity index (χ2v) is 7.43. The van der Waals surface area contributed by atoms with Crippen molar-refractivity contribution in [3.63, 3.8) is 0 Å². The molecule has 0 saturated carbocycles. The lowest BCUT2D eigenvalue weighted by Gasteiger charge is -2.19. The van der Waals surface area contributed by atoms with Crippen molar-refractivity contribution in [3.05, 3.63) is 76.2 Å². The van der Waals surface area contributed by atoms with Gasteiger partial charge in [0.2, 0.25) is 10.0 Å². The Labute approximate surface area is 139 Å². The molecule has 0 spiro atoms. The van der Waals surface area contributed by atoms with Crippen molar-refractivity contribution in [1.29, 1.82) is 0 Å². The molecule has 122 valence electrons. The van der Waals surface area contributed by atoms with E-state index in [0.29, 0.717) is 13.1 Å². The van der Waals surface area contributed by atoms with Crippen LogP contribution in [-0.2, 0) is 16.6 Å². The summed E-state index contributed by atoms with van der Waals surface area (Å²) in [6.07, 6.45) is 1.65. The lowest BCUT2D eigenvalue weighted by atomic mass is 10.1. The van der Waals surface area contributed by atoms with Crippen LogP contribution in [0.4, 0.5) is 0 Å². The average molecular weight is 329 g/mol. The molecule has 0 bridgehead atoms. The molecule has 2 aromatic rings. The van der Waals surface area contributed by atoms with E-state index in [1.165, 1.54) is 9.71 Å². The van der Waals surface area contributed by atoms with E-state index in [9.17, 15) is 8.42 Å². The van der Waals surface area contributed by atoms with Crippen LogP contribution in [0.5, 0.6) is 0 Å². The number of hydrogen-bond donors (Lipinski definition) is 0. The van der Waals surface area contributed by atoms with Crippen LogP contribution in [0.25, 0.3) is 6.08 Å². The molecule has 0 unspecified atom stereocenters. The molecule has 0 fully saturated rings. The zero-order valence-electron chi connectivity index (χ0n) is 13.9. The minimum absolute atomic E-state index is 0.393. The molecule has 0 amide bonds. The zero-order chi connectivity index (χ0) is 16.9. The van der Waals surface area contributed by atoms with Crippen LogP contribution in [0.2, 0.25) is 0 Å². The zero-order valence-corrected chi connectivity index (χ0v) is 14.7. The van der Waals surface area contributed by atoms with Crippen LogP contribution in [0.1, 0.15) is 29.2 Å². The largest absolute Gasteiger partial charge is 0.236 e. The molecule has 0 aliphatic carbocycles. The number of rotatable bonds is 6. The lowest BCUT2D eigenvalue weighted by Crippen LogP contribution is -2.28. The summed E-state index contributed by atoms with van der Waals surface area (Å²) in [5.74, 6) is 0. The molecule has 3 nitrogen and oxygen atoms in total. The molecule has 0 aromatic heterocycles. The summed E-state index contributed by atoms with van der Waals surface area (Å²) in [6, 6.07) is 15.6. The maximum absolute atomic E-state index is 12.6. The first-order valence-corrected chi connectivity index (χ1v) is 9.22. The molecular formula is C19H23NO2S. The second-order valence-electron chi connectivity index (χ2n) is 5.61. The summed E-state index contributed by atoms with van der Waals surface area (Å²) in [7, 11) is -3.44. The molecule has 0 radical (unpaired) electrons. The maximum Gasteiger partial charge on any atom is 0.236 e. The highest BCUT2D eigenvalue weighted by Gasteiger charge is 2.18. The van der Waals surface area contributed by atoms with Crippen LogP contribution in [0.15, 0.2) is 53.9 Å². The van der Waals surface area contributed by atoms with E-state index in [2.05, 4.69) is 0 Å². The Morgan fingerprint density at radius 3 is 2.26 bits per heavy atom. The topological polar surface area (TPSA) is 37.4 Å². The van der Waals surface area contributed by atoms with Crippen molar-refractivity contribution >= 4 is 16.1 Å². The summed E-state index contributed by atoms with van der Waals surface area (Å²) >= 11 is 0. The van der Waals surface area contributed by atoms with Crippen molar-refractivity contribution in [3.8, 4) is 0 Å². The molecule has 0 aliphatic rings.